The van der Waals surface area contributed by atoms with E-state index in [2.05, 4.69) is 9.97 Å². The predicted octanol–water partition coefficient (Wildman–Crippen LogP) is 2.74. The van der Waals surface area contributed by atoms with Gasteiger partial charge in [-0.15, -0.1) is 0 Å². The fraction of sp³-hybridized carbons (Fsp3) is 0.0909. The van der Waals surface area contributed by atoms with Crippen molar-refractivity contribution in [1.29, 1.82) is 0 Å². The third-order valence-electron chi connectivity index (χ3n) is 2.21. The Bertz CT molecular complexity index is 523. The van der Waals surface area contributed by atoms with Gasteiger partial charge < -0.3 is 5.73 Å². The van der Waals surface area contributed by atoms with Crippen LogP contribution in [0.4, 0.5) is 19.0 Å². The van der Waals surface area contributed by atoms with E-state index in [0.29, 0.717) is 5.56 Å². The molecule has 0 radical (unpaired) electrons. The molecule has 0 bridgehead atoms. The lowest BCUT2D eigenvalue weighted by molar-refractivity contribution is -0.140. The summed E-state index contributed by atoms with van der Waals surface area (Å²) in [5.74, 6) is -0.182. The summed E-state index contributed by atoms with van der Waals surface area (Å²) in [6, 6.07) is 8.02. The average Bonchev–Trinajstić information content (AvgIpc) is 2.28. The van der Waals surface area contributed by atoms with Crippen LogP contribution in [0.25, 0.3) is 11.1 Å². The van der Waals surface area contributed by atoms with Gasteiger partial charge in [-0.3, -0.25) is 0 Å². The molecule has 1 aromatic carbocycles. The van der Waals surface area contributed by atoms with Gasteiger partial charge in [-0.1, -0.05) is 30.3 Å². The van der Waals surface area contributed by atoms with E-state index in [1.807, 2.05) is 0 Å². The van der Waals surface area contributed by atoms with Crippen LogP contribution >= 0.6 is 0 Å². The quantitative estimate of drug-likeness (QED) is 0.832. The van der Waals surface area contributed by atoms with Gasteiger partial charge >= 0.3 is 6.18 Å². The molecule has 0 saturated heterocycles. The average molecular weight is 239 g/mol. The second kappa shape index (κ2) is 4.04. The van der Waals surface area contributed by atoms with Crippen LogP contribution < -0.4 is 5.73 Å². The smallest absolute Gasteiger partial charge is 0.383 e. The summed E-state index contributed by atoms with van der Waals surface area (Å²) < 4.78 is 38.3. The number of nitrogen functional groups attached to an aromatic ring is 1. The van der Waals surface area contributed by atoms with E-state index < -0.39 is 11.9 Å². The van der Waals surface area contributed by atoms with Crippen molar-refractivity contribution < 1.29 is 13.2 Å². The summed E-state index contributed by atoms with van der Waals surface area (Å²) in [4.78, 5) is 6.87. The Labute approximate surface area is 95.1 Å². The number of hydrogen-bond acceptors (Lipinski definition) is 3. The number of hydrogen-bond donors (Lipinski definition) is 1. The minimum absolute atomic E-state index is 0.180. The molecule has 0 aliphatic heterocycles. The molecular formula is C11H8F3N3. The highest BCUT2D eigenvalue weighted by Gasteiger charge is 2.36. The molecule has 1 heterocycles. The maximum absolute atomic E-state index is 12.8. The monoisotopic (exact) mass is 239 g/mol. The number of nitrogens with two attached hydrogens (primary N) is 1. The Balaban J connectivity index is 2.69. The fourth-order valence-electron chi connectivity index (χ4n) is 1.50. The minimum atomic E-state index is -4.55. The molecular weight excluding hydrogens is 231 g/mol. The van der Waals surface area contributed by atoms with Crippen LogP contribution in [0.2, 0.25) is 0 Å². The lowest BCUT2D eigenvalue weighted by atomic mass is 10.0. The summed E-state index contributed by atoms with van der Waals surface area (Å²) in [6.07, 6.45) is -3.74. The van der Waals surface area contributed by atoms with E-state index in [-0.39, 0.29) is 11.4 Å². The zero-order chi connectivity index (χ0) is 12.5. The van der Waals surface area contributed by atoms with E-state index in [1.54, 1.807) is 18.2 Å². The number of alkyl halides is 3. The summed E-state index contributed by atoms with van der Waals surface area (Å²) >= 11 is 0. The summed E-state index contributed by atoms with van der Waals surface area (Å²) in [5, 5.41) is 0. The van der Waals surface area contributed by atoms with Crippen LogP contribution in [-0.4, -0.2) is 9.97 Å². The molecule has 0 spiro atoms. The van der Waals surface area contributed by atoms with Crippen molar-refractivity contribution in [3.63, 3.8) is 0 Å². The van der Waals surface area contributed by atoms with Crippen molar-refractivity contribution in [2.75, 3.05) is 5.73 Å². The van der Waals surface area contributed by atoms with Gasteiger partial charge in [0.15, 0.2) is 5.69 Å². The molecule has 1 aromatic heterocycles. The molecule has 0 amide bonds. The van der Waals surface area contributed by atoms with E-state index in [4.69, 9.17) is 5.73 Å². The van der Waals surface area contributed by atoms with Crippen molar-refractivity contribution in [2.24, 2.45) is 0 Å². The maximum Gasteiger partial charge on any atom is 0.434 e. The molecule has 6 heteroatoms. The van der Waals surface area contributed by atoms with Crippen molar-refractivity contribution in [1.82, 2.24) is 9.97 Å². The van der Waals surface area contributed by atoms with Crippen LogP contribution in [0.1, 0.15) is 5.69 Å². The molecule has 0 fully saturated rings. The van der Waals surface area contributed by atoms with Gasteiger partial charge in [-0.05, 0) is 5.56 Å². The number of halogens is 3. The van der Waals surface area contributed by atoms with E-state index in [1.165, 1.54) is 12.1 Å². The first kappa shape index (κ1) is 11.4. The second-order valence-electron chi connectivity index (χ2n) is 3.35. The first-order chi connectivity index (χ1) is 8.00. The zero-order valence-electron chi connectivity index (χ0n) is 8.57. The SMILES string of the molecule is Nc1ncnc(C(F)(F)F)c1-c1ccccc1. The first-order valence-electron chi connectivity index (χ1n) is 4.73. The third kappa shape index (κ3) is 2.20. The molecule has 0 aliphatic carbocycles. The van der Waals surface area contributed by atoms with Crippen LogP contribution in [0.3, 0.4) is 0 Å². The number of anilines is 1. The standard InChI is InChI=1S/C11H8F3N3/c12-11(13,14)9-8(10(15)17-6-16-9)7-4-2-1-3-5-7/h1-6H,(H2,15,16,17). The Morgan fingerprint density at radius 2 is 1.65 bits per heavy atom. The van der Waals surface area contributed by atoms with Crippen LogP contribution in [0.5, 0.6) is 0 Å². The number of aromatic nitrogens is 2. The van der Waals surface area contributed by atoms with E-state index >= 15 is 0 Å². The minimum Gasteiger partial charge on any atom is -0.383 e. The molecule has 88 valence electrons. The Hall–Kier alpha value is -2.11. The van der Waals surface area contributed by atoms with Crippen molar-refractivity contribution in [3.05, 3.63) is 42.4 Å². The van der Waals surface area contributed by atoms with Gasteiger partial charge in [-0.25, -0.2) is 9.97 Å². The normalized spacial score (nSPS) is 11.5. The van der Waals surface area contributed by atoms with Gasteiger partial charge in [-0.2, -0.15) is 13.2 Å². The zero-order valence-corrected chi connectivity index (χ0v) is 8.57. The number of rotatable bonds is 1. The summed E-state index contributed by atoms with van der Waals surface area (Å²) in [6.45, 7) is 0. The molecule has 2 N–H and O–H groups in total. The lowest BCUT2D eigenvalue weighted by Crippen LogP contribution is -2.12. The highest BCUT2D eigenvalue weighted by Crippen LogP contribution is 2.37. The molecule has 17 heavy (non-hydrogen) atoms. The largest absolute Gasteiger partial charge is 0.434 e. The van der Waals surface area contributed by atoms with Crippen LogP contribution in [-0.2, 0) is 6.18 Å². The Morgan fingerprint density at radius 3 is 2.24 bits per heavy atom. The second-order valence-corrected chi connectivity index (χ2v) is 3.35. The van der Waals surface area contributed by atoms with Crippen LogP contribution in [0, 0.1) is 0 Å². The van der Waals surface area contributed by atoms with Gasteiger partial charge in [0.25, 0.3) is 0 Å². The fourth-order valence-corrected chi connectivity index (χ4v) is 1.50. The molecule has 0 aliphatic rings. The summed E-state index contributed by atoms with van der Waals surface area (Å²) in [7, 11) is 0. The van der Waals surface area contributed by atoms with E-state index in [0.717, 1.165) is 6.33 Å². The first-order valence-corrected chi connectivity index (χ1v) is 4.73. The van der Waals surface area contributed by atoms with Gasteiger partial charge in [0.2, 0.25) is 0 Å². The number of benzene rings is 1. The Morgan fingerprint density at radius 1 is 1.00 bits per heavy atom. The van der Waals surface area contributed by atoms with Crippen molar-refractivity contribution in [2.45, 2.75) is 6.18 Å². The van der Waals surface area contributed by atoms with Gasteiger partial charge in [0.05, 0.1) is 5.56 Å². The maximum atomic E-state index is 12.8. The van der Waals surface area contributed by atoms with Crippen molar-refractivity contribution >= 4 is 5.82 Å². The molecule has 0 unspecified atom stereocenters. The molecule has 2 rings (SSSR count). The summed E-state index contributed by atoms with van der Waals surface area (Å²) in [5.41, 5.74) is 4.65. The van der Waals surface area contributed by atoms with Gasteiger partial charge in [0, 0.05) is 0 Å². The highest BCUT2D eigenvalue weighted by atomic mass is 19.4. The predicted molar refractivity (Wildman–Crippen MR) is 56.9 cm³/mol. The number of nitrogens with zero attached hydrogens (tertiary/aromatic N) is 2. The Kier molecular flexibility index (Phi) is 2.71. The van der Waals surface area contributed by atoms with Crippen LogP contribution in [0.15, 0.2) is 36.7 Å². The third-order valence-corrected chi connectivity index (χ3v) is 2.21. The van der Waals surface area contributed by atoms with Crippen molar-refractivity contribution in [3.8, 4) is 11.1 Å². The molecule has 0 saturated carbocycles. The van der Waals surface area contributed by atoms with Gasteiger partial charge in [0.1, 0.15) is 12.1 Å². The topological polar surface area (TPSA) is 51.8 Å². The highest BCUT2D eigenvalue weighted by molar-refractivity contribution is 5.76. The lowest BCUT2D eigenvalue weighted by Gasteiger charge is -2.12. The molecule has 2 aromatic rings. The van der Waals surface area contributed by atoms with E-state index in [9.17, 15) is 13.2 Å². The molecule has 0 atom stereocenters. The molecule has 3 nitrogen and oxygen atoms in total.